The molecule has 0 saturated carbocycles. The number of benzene rings is 3. The van der Waals surface area contributed by atoms with Gasteiger partial charge in [0.05, 0.1) is 11.2 Å². The highest BCUT2D eigenvalue weighted by Gasteiger charge is 2.45. The second kappa shape index (κ2) is 6.06. The molecule has 1 aliphatic carbocycles. The van der Waals surface area contributed by atoms with Crippen LogP contribution in [0.2, 0.25) is 0 Å². The Kier molecular flexibility index (Phi) is 3.65. The third-order valence-corrected chi connectivity index (χ3v) is 6.06. The molecule has 4 aromatic rings. The summed E-state index contributed by atoms with van der Waals surface area (Å²) in [5.41, 5.74) is 8.91. The van der Waals surface area contributed by atoms with Gasteiger partial charge in [0.15, 0.2) is 0 Å². The molecule has 1 heterocycles. The minimum Gasteiger partial charge on any atom is -0.247 e. The molecule has 3 aromatic carbocycles. The summed E-state index contributed by atoms with van der Waals surface area (Å²) in [5.74, 6) is 0. The topological polar surface area (TPSA) is 12.9 Å². The monoisotopic (exact) mass is 349 g/mol. The molecule has 0 fully saturated rings. The van der Waals surface area contributed by atoms with Gasteiger partial charge in [-0.25, -0.2) is 4.98 Å². The molecule has 1 atom stereocenters. The zero-order valence-electron chi connectivity index (χ0n) is 15.9. The summed E-state index contributed by atoms with van der Waals surface area (Å²) < 4.78 is 0. The van der Waals surface area contributed by atoms with Gasteiger partial charge in [-0.15, -0.1) is 0 Å². The lowest BCUT2D eigenvalue weighted by atomic mass is 9.68. The van der Waals surface area contributed by atoms with E-state index in [1.54, 1.807) is 0 Å². The molecule has 0 aliphatic heterocycles. The summed E-state index contributed by atoms with van der Waals surface area (Å²) >= 11 is 0. The molecule has 0 saturated heterocycles. The maximum Gasteiger partial charge on any atom is 0.0757 e. The molecule has 1 aliphatic rings. The van der Waals surface area contributed by atoms with E-state index in [0.29, 0.717) is 0 Å². The fourth-order valence-electron chi connectivity index (χ4n) is 4.97. The molecule has 0 amide bonds. The van der Waals surface area contributed by atoms with Crippen LogP contribution in [-0.2, 0) is 5.41 Å². The summed E-state index contributed by atoms with van der Waals surface area (Å²) in [6.07, 6.45) is 2.21. The maximum absolute atomic E-state index is 5.13. The number of pyridine rings is 1. The van der Waals surface area contributed by atoms with E-state index in [1.807, 2.05) is 0 Å². The summed E-state index contributed by atoms with van der Waals surface area (Å²) in [7, 11) is 0. The number of aromatic nitrogens is 1. The predicted molar refractivity (Wildman–Crippen MR) is 113 cm³/mol. The lowest BCUT2D eigenvalue weighted by molar-refractivity contribution is 0.559. The fraction of sp³-hybridized carbons (Fsp3) is 0.192. The van der Waals surface area contributed by atoms with Gasteiger partial charge in [0.25, 0.3) is 0 Å². The van der Waals surface area contributed by atoms with Gasteiger partial charge in [-0.2, -0.15) is 0 Å². The number of nitrogens with zero attached hydrogens (tertiary/aromatic N) is 1. The van der Waals surface area contributed by atoms with Gasteiger partial charge < -0.3 is 0 Å². The minimum absolute atomic E-state index is 0.122. The molecule has 0 radical (unpaired) electrons. The van der Waals surface area contributed by atoms with Crippen LogP contribution >= 0.6 is 0 Å². The van der Waals surface area contributed by atoms with E-state index in [1.165, 1.54) is 33.2 Å². The maximum atomic E-state index is 5.13. The van der Waals surface area contributed by atoms with E-state index < -0.39 is 0 Å². The Morgan fingerprint density at radius 2 is 1.48 bits per heavy atom. The van der Waals surface area contributed by atoms with Gasteiger partial charge in [0.1, 0.15) is 0 Å². The minimum atomic E-state index is -0.122. The smallest absolute Gasteiger partial charge is 0.0757 e. The van der Waals surface area contributed by atoms with Gasteiger partial charge in [-0.3, -0.25) is 0 Å². The van der Waals surface area contributed by atoms with E-state index in [2.05, 4.69) is 92.7 Å². The van der Waals surface area contributed by atoms with Crippen molar-refractivity contribution in [2.75, 3.05) is 0 Å². The van der Waals surface area contributed by atoms with E-state index in [0.717, 1.165) is 24.1 Å². The molecule has 5 rings (SSSR count). The third-order valence-electron chi connectivity index (χ3n) is 6.06. The van der Waals surface area contributed by atoms with Crippen LogP contribution in [0.4, 0.5) is 0 Å². The van der Waals surface area contributed by atoms with Crippen LogP contribution in [0.5, 0.6) is 0 Å². The average Bonchev–Trinajstić information content (AvgIpc) is 2.97. The van der Waals surface area contributed by atoms with Gasteiger partial charge in [-0.1, -0.05) is 80.1 Å². The molecule has 1 unspecified atom stereocenters. The molecule has 1 heteroatoms. The summed E-state index contributed by atoms with van der Waals surface area (Å²) in [6, 6.07) is 28.6. The molecule has 1 nitrogen and oxygen atoms in total. The molecule has 0 spiro atoms. The van der Waals surface area contributed by atoms with Crippen molar-refractivity contribution >= 4 is 10.9 Å². The van der Waals surface area contributed by atoms with Crippen LogP contribution in [0.15, 0.2) is 78.9 Å². The van der Waals surface area contributed by atoms with E-state index in [-0.39, 0.29) is 5.41 Å². The zero-order valence-corrected chi connectivity index (χ0v) is 15.9. The molecule has 0 bridgehead atoms. The normalized spacial score (nSPS) is 17.7. The van der Waals surface area contributed by atoms with Crippen molar-refractivity contribution in [2.45, 2.75) is 32.1 Å². The van der Waals surface area contributed by atoms with Crippen molar-refractivity contribution in [3.05, 3.63) is 101 Å². The second-order valence-electron chi connectivity index (χ2n) is 7.59. The Morgan fingerprint density at radius 3 is 2.30 bits per heavy atom. The molecular formula is C26H23N. The number of hydrogen-bond acceptors (Lipinski definition) is 1. The summed E-state index contributed by atoms with van der Waals surface area (Å²) in [4.78, 5) is 5.13. The first-order valence-corrected chi connectivity index (χ1v) is 9.82. The Hall–Kier alpha value is -2.93. The highest BCUT2D eigenvalue weighted by Crippen LogP contribution is 2.55. The lowest BCUT2D eigenvalue weighted by Gasteiger charge is -2.34. The third kappa shape index (κ3) is 2.21. The standard InChI is InChI=1S/C26H23N/c1-3-16-26(21-13-7-4-10-18(21)2)22-14-8-6-12-20(22)25-23(26)17-19-11-5-9-15-24(19)27-25/h4-15,17H,3,16H2,1-2H3. The van der Waals surface area contributed by atoms with Crippen LogP contribution < -0.4 is 0 Å². The van der Waals surface area contributed by atoms with Crippen LogP contribution in [0.25, 0.3) is 22.2 Å². The second-order valence-corrected chi connectivity index (χ2v) is 7.59. The number of para-hydroxylation sites is 1. The Labute approximate surface area is 160 Å². The first-order chi connectivity index (χ1) is 13.3. The first kappa shape index (κ1) is 16.3. The molecule has 27 heavy (non-hydrogen) atoms. The zero-order chi connectivity index (χ0) is 18.4. The quantitative estimate of drug-likeness (QED) is 0.403. The highest BCUT2D eigenvalue weighted by atomic mass is 14.7. The van der Waals surface area contributed by atoms with E-state index in [4.69, 9.17) is 4.98 Å². The van der Waals surface area contributed by atoms with E-state index in [9.17, 15) is 0 Å². The first-order valence-electron chi connectivity index (χ1n) is 9.82. The van der Waals surface area contributed by atoms with Crippen molar-refractivity contribution < 1.29 is 0 Å². The largest absolute Gasteiger partial charge is 0.247 e. The Bertz CT molecular complexity index is 1160. The number of hydrogen-bond donors (Lipinski definition) is 0. The van der Waals surface area contributed by atoms with Crippen LogP contribution in [0.1, 0.15) is 42.0 Å². The van der Waals surface area contributed by atoms with Crippen LogP contribution in [-0.4, -0.2) is 4.98 Å². The number of fused-ring (bicyclic) bond motifs is 4. The average molecular weight is 349 g/mol. The summed E-state index contributed by atoms with van der Waals surface area (Å²) in [5, 5.41) is 1.22. The summed E-state index contributed by atoms with van der Waals surface area (Å²) in [6.45, 7) is 4.52. The van der Waals surface area contributed by atoms with Gasteiger partial charge >= 0.3 is 0 Å². The van der Waals surface area contributed by atoms with Crippen molar-refractivity contribution in [1.29, 1.82) is 0 Å². The fourth-order valence-corrected chi connectivity index (χ4v) is 4.97. The molecular weight excluding hydrogens is 326 g/mol. The molecule has 0 N–H and O–H groups in total. The lowest BCUT2D eigenvalue weighted by Crippen LogP contribution is -2.28. The van der Waals surface area contributed by atoms with Crippen LogP contribution in [0.3, 0.4) is 0 Å². The van der Waals surface area contributed by atoms with Gasteiger partial charge in [0.2, 0.25) is 0 Å². The number of aryl methyl sites for hydroxylation is 1. The predicted octanol–water partition coefficient (Wildman–Crippen LogP) is 6.66. The van der Waals surface area contributed by atoms with Crippen molar-refractivity contribution in [3.63, 3.8) is 0 Å². The van der Waals surface area contributed by atoms with Gasteiger partial charge in [-0.05, 0) is 47.7 Å². The number of rotatable bonds is 3. The van der Waals surface area contributed by atoms with Gasteiger partial charge in [0, 0.05) is 16.4 Å². The van der Waals surface area contributed by atoms with Crippen molar-refractivity contribution in [1.82, 2.24) is 4.98 Å². The Morgan fingerprint density at radius 1 is 0.778 bits per heavy atom. The van der Waals surface area contributed by atoms with E-state index >= 15 is 0 Å². The highest BCUT2D eigenvalue weighted by molar-refractivity contribution is 5.89. The SMILES string of the molecule is CCCC1(c2ccccc2C)c2ccccc2-c2nc3ccccc3cc21. The van der Waals surface area contributed by atoms with Crippen molar-refractivity contribution in [2.24, 2.45) is 0 Å². The van der Waals surface area contributed by atoms with Crippen molar-refractivity contribution in [3.8, 4) is 11.3 Å². The molecule has 132 valence electrons. The Balaban J connectivity index is 1.94. The van der Waals surface area contributed by atoms with Crippen LogP contribution in [0, 0.1) is 6.92 Å². The molecule has 1 aromatic heterocycles.